The number of para-hydroxylation sites is 1. The van der Waals surface area contributed by atoms with E-state index in [-0.39, 0.29) is 5.91 Å². The number of carboxylic acids is 1. The molecule has 0 aliphatic heterocycles. The molecule has 3 rings (SSSR count). The first kappa shape index (κ1) is 17.7. The molecule has 1 unspecified atom stereocenters. The summed E-state index contributed by atoms with van der Waals surface area (Å²) in [4.78, 5) is 23.6. The Morgan fingerprint density at radius 3 is 2.35 bits per heavy atom. The first-order chi connectivity index (χ1) is 12.5. The molecule has 1 atom stereocenters. The Bertz CT molecular complexity index is 945. The highest BCUT2D eigenvalue weighted by Gasteiger charge is 2.25. The summed E-state index contributed by atoms with van der Waals surface area (Å²) in [6.45, 7) is 3.75. The number of carbonyl (C=O) groups excluding carboxylic acids is 2. The van der Waals surface area contributed by atoms with E-state index in [1.54, 1.807) is 0 Å². The molecular weight excluding hydrogens is 328 g/mol. The van der Waals surface area contributed by atoms with Gasteiger partial charge in [-0.05, 0) is 18.1 Å². The molecule has 5 heteroatoms. The Kier molecular flexibility index (Phi) is 5.07. The van der Waals surface area contributed by atoms with Crippen molar-refractivity contribution in [3.05, 3.63) is 65.9 Å². The Labute approximate surface area is 152 Å². The summed E-state index contributed by atoms with van der Waals surface area (Å²) in [7, 11) is 0. The number of aliphatic carboxylic acids is 1. The molecule has 1 aromatic heterocycles. The monoisotopic (exact) mass is 349 g/mol. The fourth-order valence-electron chi connectivity index (χ4n) is 3.40. The second-order valence-electron chi connectivity index (χ2n) is 6.31. The van der Waals surface area contributed by atoms with E-state index in [0.717, 1.165) is 16.5 Å². The fourth-order valence-corrected chi connectivity index (χ4v) is 3.40. The van der Waals surface area contributed by atoms with Gasteiger partial charge in [0.25, 0.3) is 0 Å². The van der Waals surface area contributed by atoms with Crippen LogP contribution >= 0.6 is 0 Å². The van der Waals surface area contributed by atoms with Gasteiger partial charge in [0.1, 0.15) is 0 Å². The number of hydrogen-bond acceptors (Lipinski definition) is 3. The van der Waals surface area contributed by atoms with Gasteiger partial charge in [-0.2, -0.15) is 0 Å². The number of nitrogens with zero attached hydrogens (tertiary/aromatic N) is 1. The molecule has 26 heavy (non-hydrogen) atoms. The molecular formula is C21H21N2O3-. The second-order valence-corrected chi connectivity index (χ2v) is 6.31. The number of anilines is 1. The summed E-state index contributed by atoms with van der Waals surface area (Å²) in [5.74, 6) is -2.19. The SMILES string of the molecule is CCC(C(=O)[O-])c1c(NC(C)=O)c2ccccc2n1Cc1ccccc1. The third-order valence-corrected chi connectivity index (χ3v) is 4.52. The average Bonchev–Trinajstić information content (AvgIpc) is 2.90. The molecule has 0 bridgehead atoms. The number of benzene rings is 2. The molecule has 1 heterocycles. The van der Waals surface area contributed by atoms with Crippen molar-refractivity contribution in [2.45, 2.75) is 32.7 Å². The van der Waals surface area contributed by atoms with Gasteiger partial charge in [0, 0.05) is 24.8 Å². The third kappa shape index (κ3) is 3.33. The Morgan fingerprint density at radius 1 is 1.08 bits per heavy atom. The molecule has 0 fully saturated rings. The topological polar surface area (TPSA) is 74.2 Å². The van der Waals surface area contributed by atoms with Crippen LogP contribution in [-0.2, 0) is 16.1 Å². The van der Waals surface area contributed by atoms with Gasteiger partial charge < -0.3 is 19.8 Å². The number of hydrogen-bond donors (Lipinski definition) is 1. The summed E-state index contributed by atoms with van der Waals surface area (Å²) in [5, 5.41) is 15.5. The summed E-state index contributed by atoms with van der Waals surface area (Å²) in [5.41, 5.74) is 3.07. The van der Waals surface area contributed by atoms with Gasteiger partial charge in [-0.3, -0.25) is 4.79 Å². The molecule has 3 aromatic rings. The van der Waals surface area contributed by atoms with Crippen molar-refractivity contribution in [1.29, 1.82) is 0 Å². The van der Waals surface area contributed by atoms with Crippen LogP contribution in [0.15, 0.2) is 54.6 Å². The van der Waals surface area contributed by atoms with Crippen molar-refractivity contribution in [1.82, 2.24) is 4.57 Å². The summed E-state index contributed by atoms with van der Waals surface area (Å²) >= 11 is 0. The van der Waals surface area contributed by atoms with Crippen LogP contribution in [0.5, 0.6) is 0 Å². The molecule has 0 saturated heterocycles. The fraction of sp³-hybridized carbons (Fsp3) is 0.238. The third-order valence-electron chi connectivity index (χ3n) is 4.52. The molecule has 0 spiro atoms. The minimum atomic E-state index is -1.14. The first-order valence-corrected chi connectivity index (χ1v) is 8.66. The van der Waals surface area contributed by atoms with Crippen molar-refractivity contribution in [2.75, 3.05) is 5.32 Å². The molecule has 2 aromatic carbocycles. The van der Waals surface area contributed by atoms with Gasteiger partial charge in [-0.1, -0.05) is 55.5 Å². The van der Waals surface area contributed by atoms with Gasteiger partial charge in [0.05, 0.1) is 22.9 Å². The lowest BCUT2D eigenvalue weighted by molar-refractivity contribution is -0.308. The molecule has 5 nitrogen and oxygen atoms in total. The van der Waals surface area contributed by atoms with Crippen LogP contribution in [0.4, 0.5) is 5.69 Å². The largest absolute Gasteiger partial charge is 0.549 e. The molecule has 134 valence electrons. The number of nitrogens with one attached hydrogen (secondary N) is 1. The quantitative estimate of drug-likeness (QED) is 0.743. The number of aromatic nitrogens is 1. The van der Waals surface area contributed by atoms with Crippen molar-refractivity contribution in [3.63, 3.8) is 0 Å². The summed E-state index contributed by atoms with van der Waals surface area (Å²) in [6, 6.07) is 17.5. The van der Waals surface area contributed by atoms with E-state index in [2.05, 4.69) is 5.32 Å². The normalized spacial score (nSPS) is 12.1. The molecule has 0 saturated carbocycles. The van der Waals surface area contributed by atoms with E-state index < -0.39 is 11.9 Å². The number of carbonyl (C=O) groups is 2. The van der Waals surface area contributed by atoms with E-state index >= 15 is 0 Å². The van der Waals surface area contributed by atoms with E-state index in [4.69, 9.17) is 0 Å². The van der Waals surface area contributed by atoms with Gasteiger partial charge in [0.15, 0.2) is 0 Å². The highest BCUT2D eigenvalue weighted by Crippen LogP contribution is 2.37. The maximum atomic E-state index is 11.8. The predicted molar refractivity (Wildman–Crippen MR) is 99.8 cm³/mol. The van der Waals surface area contributed by atoms with Gasteiger partial charge >= 0.3 is 0 Å². The number of carboxylic acid groups (broad SMARTS) is 1. The molecule has 1 N–H and O–H groups in total. The number of rotatable bonds is 6. The molecule has 0 radical (unpaired) electrons. The zero-order valence-corrected chi connectivity index (χ0v) is 14.9. The van der Waals surface area contributed by atoms with Crippen LogP contribution in [-0.4, -0.2) is 16.4 Å². The van der Waals surface area contributed by atoms with Crippen LogP contribution in [0.2, 0.25) is 0 Å². The first-order valence-electron chi connectivity index (χ1n) is 8.66. The van der Waals surface area contributed by atoms with Crippen LogP contribution in [0.3, 0.4) is 0 Å². The lowest BCUT2D eigenvalue weighted by Gasteiger charge is -2.21. The average molecular weight is 349 g/mol. The van der Waals surface area contributed by atoms with Crippen molar-refractivity contribution >= 4 is 28.5 Å². The smallest absolute Gasteiger partial charge is 0.221 e. The molecule has 1 amide bonds. The van der Waals surface area contributed by atoms with Gasteiger partial charge in [-0.15, -0.1) is 0 Å². The Morgan fingerprint density at radius 2 is 1.73 bits per heavy atom. The van der Waals surface area contributed by atoms with E-state index in [1.807, 2.05) is 66.1 Å². The zero-order chi connectivity index (χ0) is 18.7. The lowest BCUT2D eigenvalue weighted by atomic mass is 10.0. The highest BCUT2D eigenvalue weighted by atomic mass is 16.4. The summed E-state index contributed by atoms with van der Waals surface area (Å²) < 4.78 is 1.97. The highest BCUT2D eigenvalue weighted by molar-refractivity contribution is 6.04. The lowest BCUT2D eigenvalue weighted by Crippen LogP contribution is -2.31. The maximum Gasteiger partial charge on any atom is 0.221 e. The van der Waals surface area contributed by atoms with Crippen molar-refractivity contribution < 1.29 is 14.7 Å². The van der Waals surface area contributed by atoms with Crippen LogP contribution in [0.25, 0.3) is 10.9 Å². The van der Waals surface area contributed by atoms with Crippen molar-refractivity contribution in [3.8, 4) is 0 Å². The Balaban J connectivity index is 2.29. The zero-order valence-electron chi connectivity index (χ0n) is 14.9. The second kappa shape index (κ2) is 7.44. The molecule has 0 aliphatic carbocycles. The van der Waals surface area contributed by atoms with Crippen molar-refractivity contribution in [2.24, 2.45) is 0 Å². The van der Waals surface area contributed by atoms with Crippen LogP contribution < -0.4 is 10.4 Å². The number of fused-ring (bicyclic) bond motifs is 1. The minimum Gasteiger partial charge on any atom is -0.549 e. The van der Waals surface area contributed by atoms with E-state index in [9.17, 15) is 14.7 Å². The minimum absolute atomic E-state index is 0.234. The van der Waals surface area contributed by atoms with E-state index in [1.165, 1.54) is 6.92 Å². The van der Waals surface area contributed by atoms with Gasteiger partial charge in [-0.25, -0.2) is 0 Å². The standard InChI is InChI=1S/C21H22N2O3/c1-3-16(21(25)26)20-19(22-14(2)24)17-11-7-8-12-18(17)23(20)13-15-9-5-4-6-10-15/h4-12,16H,3,13H2,1-2H3,(H,22,24)(H,25,26)/p-1. The van der Waals surface area contributed by atoms with Crippen LogP contribution in [0, 0.1) is 0 Å². The maximum absolute atomic E-state index is 11.8. The van der Waals surface area contributed by atoms with Gasteiger partial charge in [0.2, 0.25) is 5.91 Å². The predicted octanol–water partition coefficient (Wildman–Crippen LogP) is 2.89. The van der Waals surface area contributed by atoms with Crippen LogP contribution in [0.1, 0.15) is 37.4 Å². The van der Waals surface area contributed by atoms with E-state index in [0.29, 0.717) is 24.3 Å². The Hall–Kier alpha value is -3.08. The molecule has 0 aliphatic rings. The number of amides is 1. The summed E-state index contributed by atoms with van der Waals surface area (Å²) in [6.07, 6.45) is 0.375.